The standard InChI is InChI=1S/C21H46NO4P/c1-22(2,3)18-21-27(24,25)26-20-17-15-13-11-9-7-5-4-6-8-10-12-14-16-19-23/h23H,4-21H2,1-3H3. The molecule has 0 aromatic heterocycles. The quantitative estimate of drug-likeness (QED) is 0.180. The Morgan fingerprint density at radius 1 is 0.741 bits per heavy atom. The van der Waals surface area contributed by atoms with Gasteiger partial charge in [0.05, 0.1) is 40.5 Å². The van der Waals surface area contributed by atoms with Gasteiger partial charge in [-0.2, -0.15) is 0 Å². The van der Waals surface area contributed by atoms with Crippen molar-refractivity contribution in [1.82, 2.24) is 0 Å². The van der Waals surface area contributed by atoms with Gasteiger partial charge in [0.2, 0.25) is 0 Å². The largest absolute Gasteiger partial charge is 0.778 e. The number of hydrogen-bond acceptors (Lipinski definition) is 4. The summed E-state index contributed by atoms with van der Waals surface area (Å²) in [6.45, 7) is 1.27. The van der Waals surface area contributed by atoms with Crippen LogP contribution in [0.2, 0.25) is 0 Å². The lowest BCUT2D eigenvalue weighted by Crippen LogP contribution is -2.37. The van der Waals surface area contributed by atoms with Gasteiger partial charge >= 0.3 is 0 Å². The molecule has 0 heterocycles. The van der Waals surface area contributed by atoms with Crippen LogP contribution in [0, 0.1) is 0 Å². The summed E-state index contributed by atoms with van der Waals surface area (Å²) in [5.41, 5.74) is 0. The van der Waals surface area contributed by atoms with Crippen LogP contribution in [0.15, 0.2) is 0 Å². The van der Waals surface area contributed by atoms with Crippen molar-refractivity contribution >= 4 is 7.60 Å². The monoisotopic (exact) mass is 407 g/mol. The number of rotatable bonds is 20. The molecule has 0 aliphatic rings. The molecule has 0 saturated heterocycles. The van der Waals surface area contributed by atoms with Gasteiger partial charge in [-0.1, -0.05) is 77.0 Å². The molecule has 0 fully saturated rings. The van der Waals surface area contributed by atoms with Crippen molar-refractivity contribution in [3.8, 4) is 0 Å². The van der Waals surface area contributed by atoms with E-state index in [9.17, 15) is 9.46 Å². The molecule has 0 amide bonds. The fraction of sp³-hybridized carbons (Fsp3) is 1.00. The molecular weight excluding hydrogens is 361 g/mol. The van der Waals surface area contributed by atoms with Crippen LogP contribution < -0.4 is 4.89 Å². The van der Waals surface area contributed by atoms with Crippen LogP contribution in [0.1, 0.15) is 89.9 Å². The molecule has 0 rings (SSSR count). The molecular formula is C21H46NO4P. The molecule has 0 saturated carbocycles. The van der Waals surface area contributed by atoms with E-state index in [1.165, 1.54) is 70.6 Å². The van der Waals surface area contributed by atoms with E-state index in [4.69, 9.17) is 9.63 Å². The smallest absolute Gasteiger partial charge is 0.140 e. The number of quaternary nitrogens is 1. The molecule has 1 atom stereocenters. The lowest BCUT2D eigenvalue weighted by atomic mass is 10.0. The third-order valence-corrected chi connectivity index (χ3v) is 6.21. The zero-order valence-electron chi connectivity index (χ0n) is 18.3. The third-order valence-electron chi connectivity index (χ3n) is 4.89. The summed E-state index contributed by atoms with van der Waals surface area (Å²) in [5, 5.41) is 8.72. The second-order valence-corrected chi connectivity index (χ2v) is 10.8. The molecule has 164 valence electrons. The summed E-state index contributed by atoms with van der Waals surface area (Å²) in [7, 11) is 2.31. The number of hydrogen-bond donors (Lipinski definition) is 1. The summed E-state index contributed by atoms with van der Waals surface area (Å²) >= 11 is 0. The summed E-state index contributed by atoms with van der Waals surface area (Å²) in [5.74, 6) is 0. The van der Waals surface area contributed by atoms with Crippen molar-refractivity contribution in [3.63, 3.8) is 0 Å². The van der Waals surface area contributed by atoms with E-state index in [-0.39, 0.29) is 6.16 Å². The Bertz CT molecular complexity index is 372. The Hall–Kier alpha value is 0.0700. The minimum absolute atomic E-state index is 0.124. The van der Waals surface area contributed by atoms with Gasteiger partial charge in [0, 0.05) is 6.61 Å². The molecule has 1 N–H and O–H groups in total. The maximum absolute atomic E-state index is 11.8. The van der Waals surface area contributed by atoms with E-state index in [2.05, 4.69) is 0 Å². The zero-order valence-corrected chi connectivity index (χ0v) is 19.2. The van der Waals surface area contributed by atoms with Gasteiger partial charge in [-0.25, -0.2) is 0 Å². The topological polar surface area (TPSA) is 69.6 Å². The Kier molecular flexibility index (Phi) is 17.0. The highest BCUT2D eigenvalue weighted by Gasteiger charge is 2.14. The van der Waals surface area contributed by atoms with Gasteiger partial charge in [-0.3, -0.25) is 0 Å². The predicted octanol–water partition coefficient (Wildman–Crippen LogP) is 4.72. The van der Waals surface area contributed by atoms with Crippen LogP contribution in [-0.4, -0.2) is 56.7 Å². The maximum atomic E-state index is 11.8. The zero-order chi connectivity index (χ0) is 20.4. The Balaban J connectivity index is 3.28. The van der Waals surface area contributed by atoms with Crippen LogP contribution in [0.4, 0.5) is 0 Å². The van der Waals surface area contributed by atoms with E-state index < -0.39 is 7.60 Å². The van der Waals surface area contributed by atoms with Crippen LogP contribution in [0.25, 0.3) is 0 Å². The molecule has 0 aliphatic carbocycles. The average Bonchev–Trinajstić information content (AvgIpc) is 2.59. The molecule has 0 aromatic rings. The minimum atomic E-state index is -3.65. The van der Waals surface area contributed by atoms with Crippen LogP contribution >= 0.6 is 7.60 Å². The second-order valence-electron chi connectivity index (χ2n) is 8.86. The molecule has 0 aromatic carbocycles. The molecule has 27 heavy (non-hydrogen) atoms. The van der Waals surface area contributed by atoms with E-state index >= 15 is 0 Å². The number of aliphatic hydroxyl groups is 1. The number of nitrogens with zero attached hydrogens (tertiary/aromatic N) is 1. The second kappa shape index (κ2) is 17.0. The van der Waals surface area contributed by atoms with Crippen LogP contribution in [0.5, 0.6) is 0 Å². The van der Waals surface area contributed by atoms with E-state index in [0.29, 0.717) is 24.2 Å². The first-order valence-corrected chi connectivity index (χ1v) is 12.9. The fourth-order valence-corrected chi connectivity index (χ4v) is 4.41. The van der Waals surface area contributed by atoms with Crippen LogP contribution in [-0.2, 0) is 9.09 Å². The summed E-state index contributed by atoms with van der Waals surface area (Å²) < 4.78 is 17.6. The summed E-state index contributed by atoms with van der Waals surface area (Å²) in [6.07, 6.45) is 17.1. The number of aliphatic hydroxyl groups excluding tert-OH is 1. The third kappa shape index (κ3) is 22.2. The molecule has 1 unspecified atom stereocenters. The highest BCUT2D eigenvalue weighted by molar-refractivity contribution is 7.51. The lowest BCUT2D eigenvalue weighted by molar-refractivity contribution is -0.868. The Labute approximate surface area is 168 Å². The minimum Gasteiger partial charge on any atom is -0.778 e. The summed E-state index contributed by atoms with van der Waals surface area (Å²) in [4.78, 5) is 11.8. The van der Waals surface area contributed by atoms with Crippen molar-refractivity contribution in [3.05, 3.63) is 0 Å². The van der Waals surface area contributed by atoms with Gasteiger partial charge in [-0.15, -0.1) is 0 Å². The molecule has 0 radical (unpaired) electrons. The molecule has 5 nitrogen and oxygen atoms in total. The average molecular weight is 408 g/mol. The number of unbranched alkanes of at least 4 members (excludes halogenated alkanes) is 13. The normalized spacial score (nSPS) is 14.4. The molecule has 6 heteroatoms. The first-order valence-electron chi connectivity index (χ1n) is 11.1. The lowest BCUT2D eigenvalue weighted by Gasteiger charge is -2.29. The highest BCUT2D eigenvalue weighted by Crippen LogP contribution is 2.36. The van der Waals surface area contributed by atoms with Gasteiger partial charge in [0.1, 0.15) is 7.60 Å². The van der Waals surface area contributed by atoms with Crippen molar-refractivity contribution in [2.45, 2.75) is 89.9 Å². The van der Waals surface area contributed by atoms with Crippen molar-refractivity contribution < 1.29 is 23.6 Å². The first-order chi connectivity index (χ1) is 12.8. The van der Waals surface area contributed by atoms with E-state index in [0.717, 1.165) is 19.3 Å². The fourth-order valence-electron chi connectivity index (χ4n) is 3.03. The Morgan fingerprint density at radius 2 is 1.11 bits per heavy atom. The Morgan fingerprint density at radius 3 is 1.48 bits per heavy atom. The maximum Gasteiger partial charge on any atom is 0.140 e. The highest BCUT2D eigenvalue weighted by atomic mass is 31.2. The van der Waals surface area contributed by atoms with Gasteiger partial charge in [0.15, 0.2) is 0 Å². The molecule has 0 bridgehead atoms. The molecule has 0 spiro atoms. The summed E-state index contributed by atoms with van der Waals surface area (Å²) in [6, 6.07) is 0. The van der Waals surface area contributed by atoms with Crippen molar-refractivity contribution in [2.24, 2.45) is 0 Å². The first kappa shape index (κ1) is 27.1. The van der Waals surface area contributed by atoms with Crippen molar-refractivity contribution in [2.75, 3.05) is 47.1 Å². The van der Waals surface area contributed by atoms with E-state index in [1.807, 2.05) is 21.1 Å². The van der Waals surface area contributed by atoms with Gasteiger partial charge in [0.25, 0.3) is 0 Å². The SMILES string of the molecule is C[N+](C)(C)CCP(=O)([O-])OCCCCCCCCCCCCCCCCO. The van der Waals surface area contributed by atoms with E-state index in [1.54, 1.807) is 0 Å². The van der Waals surface area contributed by atoms with Gasteiger partial charge < -0.3 is 23.6 Å². The van der Waals surface area contributed by atoms with Crippen molar-refractivity contribution in [1.29, 1.82) is 0 Å². The predicted molar refractivity (Wildman–Crippen MR) is 113 cm³/mol. The van der Waals surface area contributed by atoms with Crippen LogP contribution in [0.3, 0.4) is 0 Å². The van der Waals surface area contributed by atoms with Gasteiger partial charge in [-0.05, 0) is 12.8 Å². The molecule has 0 aliphatic heterocycles.